The molecule has 0 aliphatic heterocycles. The van der Waals surface area contributed by atoms with Gasteiger partial charge in [0.25, 0.3) is 0 Å². The quantitative estimate of drug-likeness (QED) is 0.752. The highest BCUT2D eigenvalue weighted by molar-refractivity contribution is 5.37. The van der Waals surface area contributed by atoms with Crippen LogP contribution in [-0.2, 0) is 6.54 Å². The summed E-state index contributed by atoms with van der Waals surface area (Å²) in [6.45, 7) is 16.8. The van der Waals surface area contributed by atoms with E-state index >= 15 is 0 Å². The van der Waals surface area contributed by atoms with E-state index in [4.69, 9.17) is 0 Å². The molecular weight excluding hydrogens is 206 g/mol. The summed E-state index contributed by atoms with van der Waals surface area (Å²) in [7, 11) is 0. The molecule has 0 heterocycles. The second-order valence-electron chi connectivity index (χ2n) is 5.74. The average molecular weight is 233 g/mol. The Kier molecular flexibility index (Phi) is 4.76. The summed E-state index contributed by atoms with van der Waals surface area (Å²) in [4.78, 5) is 2.55. The van der Waals surface area contributed by atoms with Crippen molar-refractivity contribution in [2.45, 2.75) is 67.1 Å². The lowest BCUT2D eigenvalue weighted by Crippen LogP contribution is -2.36. The summed E-state index contributed by atoms with van der Waals surface area (Å²) in [5.74, 6) is 0. The van der Waals surface area contributed by atoms with E-state index in [-0.39, 0.29) is 0 Å². The van der Waals surface area contributed by atoms with Crippen molar-refractivity contribution in [2.24, 2.45) is 0 Å². The Morgan fingerprint density at radius 1 is 0.882 bits per heavy atom. The van der Waals surface area contributed by atoms with Gasteiger partial charge in [-0.2, -0.15) is 0 Å². The second kappa shape index (κ2) is 5.68. The number of nitrogens with zero attached hydrogens (tertiary/aromatic N) is 1. The first kappa shape index (κ1) is 14.2. The second-order valence-corrected chi connectivity index (χ2v) is 5.74. The maximum atomic E-state index is 2.55. The van der Waals surface area contributed by atoms with Gasteiger partial charge in [0.2, 0.25) is 0 Å². The molecule has 1 aromatic carbocycles. The maximum absolute atomic E-state index is 2.55. The molecule has 1 aromatic rings. The zero-order valence-electron chi connectivity index (χ0n) is 12.5. The zero-order valence-corrected chi connectivity index (χ0v) is 12.5. The Balaban J connectivity index is 3.01. The minimum Gasteiger partial charge on any atom is -0.294 e. The zero-order chi connectivity index (χ0) is 13.2. The van der Waals surface area contributed by atoms with Crippen LogP contribution in [0.3, 0.4) is 0 Å². The van der Waals surface area contributed by atoms with Crippen molar-refractivity contribution in [2.75, 3.05) is 0 Å². The molecule has 0 unspecified atom stereocenters. The van der Waals surface area contributed by atoms with Crippen molar-refractivity contribution >= 4 is 0 Å². The van der Waals surface area contributed by atoms with Crippen LogP contribution in [0.1, 0.15) is 49.9 Å². The number of rotatable bonds is 4. The van der Waals surface area contributed by atoms with Gasteiger partial charge in [-0.05, 0) is 65.2 Å². The van der Waals surface area contributed by atoms with E-state index in [1.807, 2.05) is 0 Å². The van der Waals surface area contributed by atoms with Gasteiger partial charge in [0.05, 0.1) is 0 Å². The van der Waals surface area contributed by atoms with Crippen LogP contribution in [0, 0.1) is 20.8 Å². The summed E-state index contributed by atoms with van der Waals surface area (Å²) in [6.07, 6.45) is 0. The molecule has 0 N–H and O–H groups in total. The first-order chi connectivity index (χ1) is 7.82. The molecule has 0 aromatic heterocycles. The SMILES string of the molecule is Cc1cc(C)c(CN(C(C)C)C(C)C)c(C)c1. The van der Waals surface area contributed by atoms with Crippen molar-refractivity contribution in [1.29, 1.82) is 0 Å². The normalized spacial score (nSPS) is 11.9. The Morgan fingerprint density at radius 3 is 1.65 bits per heavy atom. The summed E-state index contributed by atoms with van der Waals surface area (Å²) in [5.41, 5.74) is 5.71. The van der Waals surface area contributed by atoms with Crippen LogP contribution in [0.25, 0.3) is 0 Å². The van der Waals surface area contributed by atoms with Gasteiger partial charge >= 0.3 is 0 Å². The number of hydrogen-bond donors (Lipinski definition) is 0. The Morgan fingerprint density at radius 2 is 1.29 bits per heavy atom. The molecule has 0 atom stereocenters. The van der Waals surface area contributed by atoms with Crippen LogP contribution in [0.2, 0.25) is 0 Å². The van der Waals surface area contributed by atoms with Gasteiger partial charge in [0.15, 0.2) is 0 Å². The molecule has 0 radical (unpaired) electrons. The van der Waals surface area contributed by atoms with Crippen molar-refractivity contribution in [3.8, 4) is 0 Å². The smallest absolute Gasteiger partial charge is 0.0244 e. The first-order valence-electron chi connectivity index (χ1n) is 6.65. The summed E-state index contributed by atoms with van der Waals surface area (Å²) < 4.78 is 0. The van der Waals surface area contributed by atoms with Gasteiger partial charge in [-0.15, -0.1) is 0 Å². The summed E-state index contributed by atoms with van der Waals surface area (Å²) >= 11 is 0. The third-order valence-corrected chi connectivity index (χ3v) is 3.51. The molecule has 1 heteroatoms. The van der Waals surface area contributed by atoms with E-state index in [1.54, 1.807) is 0 Å². The van der Waals surface area contributed by atoms with E-state index in [2.05, 4.69) is 65.5 Å². The third-order valence-electron chi connectivity index (χ3n) is 3.51. The predicted molar refractivity (Wildman–Crippen MR) is 76.5 cm³/mol. The molecule has 96 valence electrons. The first-order valence-corrected chi connectivity index (χ1v) is 6.65. The van der Waals surface area contributed by atoms with E-state index in [1.165, 1.54) is 22.3 Å². The minimum atomic E-state index is 0.593. The lowest BCUT2D eigenvalue weighted by atomic mass is 9.98. The van der Waals surface area contributed by atoms with Gasteiger partial charge in [0, 0.05) is 18.6 Å². The fourth-order valence-corrected chi connectivity index (χ4v) is 2.60. The van der Waals surface area contributed by atoms with Crippen LogP contribution in [0.5, 0.6) is 0 Å². The number of hydrogen-bond acceptors (Lipinski definition) is 1. The van der Waals surface area contributed by atoms with Crippen molar-refractivity contribution in [1.82, 2.24) is 4.90 Å². The van der Waals surface area contributed by atoms with Crippen LogP contribution in [-0.4, -0.2) is 17.0 Å². The average Bonchev–Trinajstić information content (AvgIpc) is 2.14. The molecule has 0 spiro atoms. The van der Waals surface area contributed by atoms with Crippen molar-refractivity contribution in [3.05, 3.63) is 34.4 Å². The molecule has 1 rings (SSSR count). The highest BCUT2D eigenvalue weighted by Crippen LogP contribution is 2.20. The monoisotopic (exact) mass is 233 g/mol. The number of benzene rings is 1. The Bertz CT molecular complexity index is 346. The van der Waals surface area contributed by atoms with Gasteiger partial charge in [0.1, 0.15) is 0 Å². The molecule has 1 nitrogen and oxygen atoms in total. The number of aryl methyl sites for hydroxylation is 3. The highest BCUT2D eigenvalue weighted by Gasteiger charge is 2.16. The van der Waals surface area contributed by atoms with Gasteiger partial charge in [-0.3, -0.25) is 4.90 Å². The molecule has 0 amide bonds. The molecule has 17 heavy (non-hydrogen) atoms. The van der Waals surface area contributed by atoms with Crippen LogP contribution >= 0.6 is 0 Å². The molecule has 0 saturated heterocycles. The molecule has 0 aliphatic carbocycles. The molecule has 0 aliphatic rings. The Labute approximate surface area is 107 Å². The van der Waals surface area contributed by atoms with Crippen LogP contribution in [0.4, 0.5) is 0 Å². The molecule has 0 saturated carbocycles. The van der Waals surface area contributed by atoms with Gasteiger partial charge in [-0.1, -0.05) is 17.7 Å². The van der Waals surface area contributed by atoms with Crippen molar-refractivity contribution < 1.29 is 0 Å². The molecule has 0 bridgehead atoms. The largest absolute Gasteiger partial charge is 0.294 e. The van der Waals surface area contributed by atoms with Gasteiger partial charge < -0.3 is 0 Å². The summed E-state index contributed by atoms with van der Waals surface area (Å²) in [6, 6.07) is 5.77. The van der Waals surface area contributed by atoms with E-state index < -0.39 is 0 Å². The standard InChI is InChI=1S/C16H27N/c1-11(2)17(12(3)4)10-16-14(6)8-13(5)9-15(16)7/h8-9,11-12H,10H2,1-7H3. The van der Waals surface area contributed by atoms with E-state index in [0.29, 0.717) is 12.1 Å². The lowest BCUT2D eigenvalue weighted by molar-refractivity contribution is 0.165. The highest BCUT2D eigenvalue weighted by atomic mass is 15.2. The van der Waals surface area contributed by atoms with Crippen LogP contribution < -0.4 is 0 Å². The predicted octanol–water partition coefficient (Wildman–Crippen LogP) is 4.23. The fraction of sp³-hybridized carbons (Fsp3) is 0.625. The third kappa shape index (κ3) is 3.57. The van der Waals surface area contributed by atoms with E-state index in [0.717, 1.165) is 6.54 Å². The molecular formula is C16H27N. The maximum Gasteiger partial charge on any atom is 0.0244 e. The van der Waals surface area contributed by atoms with E-state index in [9.17, 15) is 0 Å². The summed E-state index contributed by atoms with van der Waals surface area (Å²) in [5, 5.41) is 0. The topological polar surface area (TPSA) is 3.24 Å². The van der Waals surface area contributed by atoms with Crippen LogP contribution in [0.15, 0.2) is 12.1 Å². The minimum absolute atomic E-state index is 0.593. The van der Waals surface area contributed by atoms with Gasteiger partial charge in [-0.25, -0.2) is 0 Å². The molecule has 0 fully saturated rings. The van der Waals surface area contributed by atoms with Crippen molar-refractivity contribution in [3.63, 3.8) is 0 Å². The fourth-order valence-electron chi connectivity index (χ4n) is 2.60. The lowest BCUT2D eigenvalue weighted by Gasteiger charge is -2.31. The Hall–Kier alpha value is -0.820.